The molecule has 1 heterocycles. The van der Waals surface area contributed by atoms with Gasteiger partial charge >= 0.3 is 0 Å². The maximum absolute atomic E-state index is 5.67. The Morgan fingerprint density at radius 3 is 2.64 bits per heavy atom. The molecule has 0 unspecified atom stereocenters. The van der Waals surface area contributed by atoms with E-state index in [4.69, 9.17) is 5.73 Å². The van der Waals surface area contributed by atoms with Crippen molar-refractivity contribution >= 4 is 27.3 Å². The first-order valence-corrected chi connectivity index (χ1v) is 6.90. The van der Waals surface area contributed by atoms with E-state index in [1.54, 1.807) is 0 Å². The zero-order chi connectivity index (χ0) is 9.97. The van der Waals surface area contributed by atoms with Gasteiger partial charge < -0.3 is 5.73 Å². The highest BCUT2D eigenvalue weighted by atomic mass is 79.9. The standard InChI is InChI=1S/C11H16BrNS/c12-11-9(7-13)6-10(14-11)8-4-2-1-3-5-8/h6,8H,1-5,7,13H2. The van der Waals surface area contributed by atoms with E-state index < -0.39 is 0 Å². The van der Waals surface area contributed by atoms with E-state index in [2.05, 4.69) is 22.0 Å². The highest BCUT2D eigenvalue weighted by Gasteiger charge is 2.18. The molecule has 2 rings (SSSR count). The molecule has 1 aromatic rings. The maximum Gasteiger partial charge on any atom is 0.0746 e. The predicted octanol–water partition coefficient (Wildman–Crippen LogP) is 4.02. The van der Waals surface area contributed by atoms with Gasteiger partial charge in [-0.25, -0.2) is 0 Å². The van der Waals surface area contributed by atoms with Gasteiger partial charge in [0.2, 0.25) is 0 Å². The van der Waals surface area contributed by atoms with Crippen LogP contribution in [0.5, 0.6) is 0 Å². The molecule has 0 saturated heterocycles. The molecule has 0 aliphatic heterocycles. The summed E-state index contributed by atoms with van der Waals surface area (Å²) in [5.41, 5.74) is 6.94. The van der Waals surface area contributed by atoms with Crippen molar-refractivity contribution in [2.45, 2.75) is 44.6 Å². The van der Waals surface area contributed by atoms with Crippen LogP contribution in [-0.4, -0.2) is 0 Å². The van der Waals surface area contributed by atoms with Crippen molar-refractivity contribution in [3.8, 4) is 0 Å². The van der Waals surface area contributed by atoms with Gasteiger partial charge in [0, 0.05) is 11.4 Å². The molecule has 1 aliphatic rings. The number of nitrogens with two attached hydrogens (primary N) is 1. The minimum Gasteiger partial charge on any atom is -0.326 e. The summed E-state index contributed by atoms with van der Waals surface area (Å²) < 4.78 is 1.24. The summed E-state index contributed by atoms with van der Waals surface area (Å²) in [5.74, 6) is 0.811. The molecule has 78 valence electrons. The van der Waals surface area contributed by atoms with E-state index in [9.17, 15) is 0 Å². The summed E-state index contributed by atoms with van der Waals surface area (Å²) in [5, 5.41) is 0. The first-order chi connectivity index (χ1) is 6.81. The smallest absolute Gasteiger partial charge is 0.0746 e. The van der Waals surface area contributed by atoms with E-state index in [-0.39, 0.29) is 0 Å². The van der Waals surface area contributed by atoms with Gasteiger partial charge in [0.1, 0.15) is 0 Å². The summed E-state index contributed by atoms with van der Waals surface area (Å²) in [7, 11) is 0. The van der Waals surface area contributed by atoms with Gasteiger partial charge in [0.05, 0.1) is 3.79 Å². The Labute approximate surface area is 97.8 Å². The molecule has 0 bridgehead atoms. The first kappa shape index (κ1) is 10.7. The fraction of sp³-hybridized carbons (Fsp3) is 0.636. The second-order valence-electron chi connectivity index (χ2n) is 3.99. The molecule has 14 heavy (non-hydrogen) atoms. The maximum atomic E-state index is 5.67. The van der Waals surface area contributed by atoms with Crippen molar-refractivity contribution in [3.05, 3.63) is 20.3 Å². The Kier molecular flexibility index (Phi) is 3.63. The van der Waals surface area contributed by atoms with Crippen molar-refractivity contribution in [2.24, 2.45) is 5.73 Å². The van der Waals surface area contributed by atoms with Crippen molar-refractivity contribution in [1.29, 1.82) is 0 Å². The van der Waals surface area contributed by atoms with Crippen LogP contribution in [0.2, 0.25) is 0 Å². The van der Waals surface area contributed by atoms with Crippen LogP contribution in [-0.2, 0) is 6.54 Å². The summed E-state index contributed by atoms with van der Waals surface area (Å²) >= 11 is 5.46. The summed E-state index contributed by atoms with van der Waals surface area (Å²) in [4.78, 5) is 1.54. The topological polar surface area (TPSA) is 26.0 Å². The van der Waals surface area contributed by atoms with Crippen LogP contribution in [0, 0.1) is 0 Å². The monoisotopic (exact) mass is 273 g/mol. The van der Waals surface area contributed by atoms with E-state index in [1.807, 2.05) is 11.3 Å². The lowest BCUT2D eigenvalue weighted by Gasteiger charge is -2.19. The molecule has 2 N–H and O–H groups in total. The van der Waals surface area contributed by atoms with Gasteiger partial charge in [-0.05, 0) is 46.3 Å². The summed E-state index contributed by atoms with van der Waals surface area (Å²) in [6.45, 7) is 0.657. The lowest BCUT2D eigenvalue weighted by molar-refractivity contribution is 0.448. The van der Waals surface area contributed by atoms with Crippen LogP contribution in [0.1, 0.15) is 48.5 Å². The molecule has 1 aliphatic carbocycles. The SMILES string of the molecule is NCc1cc(C2CCCCC2)sc1Br. The Morgan fingerprint density at radius 2 is 2.07 bits per heavy atom. The molecule has 1 aromatic heterocycles. The molecule has 1 saturated carbocycles. The van der Waals surface area contributed by atoms with E-state index in [1.165, 1.54) is 46.3 Å². The summed E-state index contributed by atoms with van der Waals surface area (Å²) in [6.07, 6.45) is 6.97. The number of hydrogen-bond acceptors (Lipinski definition) is 2. The second-order valence-corrected chi connectivity index (χ2v) is 6.39. The Bertz CT molecular complexity index is 302. The van der Waals surface area contributed by atoms with Crippen LogP contribution in [0.15, 0.2) is 9.85 Å². The predicted molar refractivity (Wildman–Crippen MR) is 65.7 cm³/mol. The highest BCUT2D eigenvalue weighted by molar-refractivity contribution is 9.11. The Balaban J connectivity index is 2.14. The van der Waals surface area contributed by atoms with Crippen molar-refractivity contribution in [3.63, 3.8) is 0 Å². The van der Waals surface area contributed by atoms with Crippen LogP contribution in [0.4, 0.5) is 0 Å². The largest absolute Gasteiger partial charge is 0.326 e. The van der Waals surface area contributed by atoms with Crippen LogP contribution >= 0.6 is 27.3 Å². The van der Waals surface area contributed by atoms with Gasteiger partial charge in [-0.1, -0.05) is 19.3 Å². The molecule has 1 nitrogen and oxygen atoms in total. The number of halogens is 1. The Morgan fingerprint density at radius 1 is 1.36 bits per heavy atom. The fourth-order valence-electron chi connectivity index (χ4n) is 2.15. The fourth-order valence-corrected chi connectivity index (χ4v) is 4.08. The third-order valence-electron chi connectivity index (χ3n) is 3.00. The highest BCUT2D eigenvalue weighted by Crippen LogP contribution is 2.39. The molecular weight excluding hydrogens is 258 g/mol. The number of thiophene rings is 1. The second kappa shape index (κ2) is 4.77. The zero-order valence-electron chi connectivity index (χ0n) is 8.26. The molecule has 0 amide bonds. The molecule has 0 spiro atoms. The lowest BCUT2D eigenvalue weighted by Crippen LogP contribution is -2.02. The Hall–Kier alpha value is 0.140. The average Bonchev–Trinajstić information content (AvgIpc) is 2.61. The van der Waals surface area contributed by atoms with Gasteiger partial charge in [0.15, 0.2) is 0 Å². The number of hydrogen-bond donors (Lipinski definition) is 1. The molecular formula is C11H16BrNS. The van der Waals surface area contributed by atoms with Crippen LogP contribution < -0.4 is 5.73 Å². The van der Waals surface area contributed by atoms with Crippen LogP contribution in [0.25, 0.3) is 0 Å². The first-order valence-electron chi connectivity index (χ1n) is 5.29. The van der Waals surface area contributed by atoms with Crippen molar-refractivity contribution in [1.82, 2.24) is 0 Å². The van der Waals surface area contributed by atoms with Gasteiger partial charge in [-0.15, -0.1) is 11.3 Å². The molecule has 1 fully saturated rings. The van der Waals surface area contributed by atoms with Crippen molar-refractivity contribution in [2.75, 3.05) is 0 Å². The van der Waals surface area contributed by atoms with E-state index in [0.29, 0.717) is 6.54 Å². The normalized spacial score (nSPS) is 18.7. The third kappa shape index (κ3) is 2.20. The quantitative estimate of drug-likeness (QED) is 0.866. The third-order valence-corrected chi connectivity index (χ3v) is 5.13. The minimum absolute atomic E-state index is 0.657. The summed E-state index contributed by atoms with van der Waals surface area (Å²) in [6, 6.07) is 2.30. The van der Waals surface area contributed by atoms with Gasteiger partial charge in [0.25, 0.3) is 0 Å². The van der Waals surface area contributed by atoms with Crippen LogP contribution in [0.3, 0.4) is 0 Å². The van der Waals surface area contributed by atoms with Gasteiger partial charge in [-0.3, -0.25) is 0 Å². The van der Waals surface area contributed by atoms with E-state index >= 15 is 0 Å². The number of rotatable bonds is 2. The average molecular weight is 274 g/mol. The van der Waals surface area contributed by atoms with Gasteiger partial charge in [-0.2, -0.15) is 0 Å². The molecule has 0 aromatic carbocycles. The van der Waals surface area contributed by atoms with Crippen molar-refractivity contribution < 1.29 is 0 Å². The molecule has 0 radical (unpaired) electrons. The lowest BCUT2D eigenvalue weighted by atomic mass is 9.88. The minimum atomic E-state index is 0.657. The van der Waals surface area contributed by atoms with E-state index in [0.717, 1.165) is 5.92 Å². The molecule has 0 atom stereocenters. The molecule has 3 heteroatoms. The zero-order valence-corrected chi connectivity index (χ0v) is 10.7.